The topological polar surface area (TPSA) is 41.9 Å². The van der Waals surface area contributed by atoms with Crippen LogP contribution in [0.1, 0.15) is 22.4 Å². The van der Waals surface area contributed by atoms with Gasteiger partial charge in [-0.05, 0) is 42.5 Å². The van der Waals surface area contributed by atoms with E-state index in [1.54, 1.807) is 6.20 Å². The van der Waals surface area contributed by atoms with Gasteiger partial charge in [-0.15, -0.1) is 11.3 Å². The average Bonchev–Trinajstić information content (AvgIpc) is 3.29. The number of pyridine rings is 1. The van der Waals surface area contributed by atoms with Gasteiger partial charge in [0.05, 0.1) is 5.39 Å². The van der Waals surface area contributed by atoms with Crippen molar-refractivity contribution in [1.82, 2.24) is 15.0 Å². The van der Waals surface area contributed by atoms with Crippen LogP contribution in [0.5, 0.6) is 0 Å². The third-order valence-electron chi connectivity index (χ3n) is 5.09. The van der Waals surface area contributed by atoms with Crippen LogP contribution in [0.4, 0.5) is 5.82 Å². The molecule has 0 fully saturated rings. The van der Waals surface area contributed by atoms with Crippen LogP contribution in [0.25, 0.3) is 21.6 Å². The van der Waals surface area contributed by atoms with Gasteiger partial charge in [0, 0.05) is 36.4 Å². The van der Waals surface area contributed by atoms with Crippen molar-refractivity contribution < 1.29 is 0 Å². The highest BCUT2D eigenvalue weighted by molar-refractivity contribution is 7.19. The van der Waals surface area contributed by atoms with E-state index in [1.807, 2.05) is 29.7 Å². The maximum absolute atomic E-state index is 5.00. The van der Waals surface area contributed by atoms with Gasteiger partial charge >= 0.3 is 0 Å². The van der Waals surface area contributed by atoms with E-state index in [2.05, 4.69) is 47.3 Å². The van der Waals surface area contributed by atoms with Gasteiger partial charge in [-0.3, -0.25) is 4.98 Å². The Labute approximate surface area is 162 Å². The number of hydrogen-bond acceptors (Lipinski definition) is 5. The van der Waals surface area contributed by atoms with E-state index in [0.29, 0.717) is 0 Å². The molecule has 0 amide bonds. The molecule has 0 spiro atoms. The first-order chi connectivity index (χ1) is 13.3. The molecule has 3 aromatic heterocycles. The van der Waals surface area contributed by atoms with E-state index in [0.717, 1.165) is 35.0 Å². The highest BCUT2D eigenvalue weighted by Crippen LogP contribution is 2.41. The molecule has 1 aliphatic rings. The summed E-state index contributed by atoms with van der Waals surface area (Å²) >= 11 is 1.83. The van der Waals surface area contributed by atoms with Gasteiger partial charge in [0.1, 0.15) is 10.6 Å². The summed E-state index contributed by atoms with van der Waals surface area (Å²) in [5.41, 5.74) is 3.70. The van der Waals surface area contributed by atoms with Gasteiger partial charge in [-0.25, -0.2) is 9.97 Å². The van der Waals surface area contributed by atoms with Gasteiger partial charge in [-0.2, -0.15) is 0 Å². The Balaban J connectivity index is 1.66. The Morgan fingerprint density at radius 2 is 1.93 bits per heavy atom. The van der Waals surface area contributed by atoms with Crippen molar-refractivity contribution in [2.24, 2.45) is 0 Å². The second kappa shape index (κ2) is 6.74. The van der Waals surface area contributed by atoms with E-state index in [-0.39, 0.29) is 0 Å². The van der Waals surface area contributed by atoms with Crippen molar-refractivity contribution in [2.45, 2.75) is 25.8 Å². The summed E-state index contributed by atoms with van der Waals surface area (Å²) in [4.78, 5) is 19.0. The molecule has 1 aliphatic carbocycles. The molecule has 5 heteroatoms. The molecule has 1 aromatic carbocycles. The fourth-order valence-electron chi connectivity index (χ4n) is 3.81. The molecule has 4 nitrogen and oxygen atoms in total. The first-order valence-corrected chi connectivity index (χ1v) is 10.1. The zero-order chi connectivity index (χ0) is 18.2. The summed E-state index contributed by atoms with van der Waals surface area (Å²) in [6, 6.07) is 14.5. The molecule has 27 heavy (non-hydrogen) atoms. The molecule has 0 radical (unpaired) electrons. The maximum Gasteiger partial charge on any atom is 0.164 e. The van der Waals surface area contributed by atoms with E-state index >= 15 is 0 Å². The van der Waals surface area contributed by atoms with Crippen molar-refractivity contribution in [3.63, 3.8) is 0 Å². The van der Waals surface area contributed by atoms with Crippen LogP contribution in [-0.4, -0.2) is 22.0 Å². The number of hydrogen-bond donors (Lipinski definition) is 0. The maximum atomic E-state index is 5.00. The summed E-state index contributed by atoms with van der Waals surface area (Å²) in [6.45, 7) is 0.823. The lowest BCUT2D eigenvalue weighted by molar-refractivity contribution is 0.896. The molecular weight excluding hydrogens is 352 g/mol. The molecule has 0 saturated heterocycles. The number of aryl methyl sites for hydroxylation is 2. The average molecular weight is 372 g/mol. The third-order valence-corrected chi connectivity index (χ3v) is 6.28. The molecule has 0 unspecified atom stereocenters. The van der Waals surface area contributed by atoms with Gasteiger partial charge < -0.3 is 4.90 Å². The minimum atomic E-state index is 0.755. The molecule has 0 atom stereocenters. The van der Waals surface area contributed by atoms with E-state index in [9.17, 15) is 0 Å². The van der Waals surface area contributed by atoms with Crippen LogP contribution in [0.3, 0.4) is 0 Å². The molecule has 134 valence electrons. The Morgan fingerprint density at radius 1 is 1.04 bits per heavy atom. The zero-order valence-electron chi connectivity index (χ0n) is 15.2. The summed E-state index contributed by atoms with van der Waals surface area (Å²) in [7, 11) is 2.13. The molecule has 0 saturated carbocycles. The van der Waals surface area contributed by atoms with Crippen molar-refractivity contribution in [2.75, 3.05) is 11.9 Å². The fraction of sp³-hybridized carbons (Fsp3) is 0.227. The lowest BCUT2D eigenvalue weighted by Gasteiger charge is -2.20. The van der Waals surface area contributed by atoms with Crippen LogP contribution in [0.15, 0.2) is 54.9 Å². The van der Waals surface area contributed by atoms with Crippen molar-refractivity contribution >= 4 is 27.4 Å². The number of fused-ring (bicyclic) bond motifs is 3. The minimum Gasteiger partial charge on any atom is -0.355 e. The molecule has 3 heterocycles. The quantitative estimate of drug-likeness (QED) is 0.512. The number of thiophene rings is 1. The molecule has 5 rings (SSSR count). The Kier molecular flexibility index (Phi) is 4.09. The van der Waals surface area contributed by atoms with Crippen molar-refractivity contribution in [1.29, 1.82) is 0 Å². The molecule has 0 N–H and O–H groups in total. The molecule has 0 bridgehead atoms. The fourth-order valence-corrected chi connectivity index (χ4v) is 5.06. The summed E-state index contributed by atoms with van der Waals surface area (Å²) in [6.07, 6.45) is 7.16. The number of nitrogens with zero attached hydrogens (tertiary/aromatic N) is 4. The molecule has 0 aliphatic heterocycles. The second-order valence-electron chi connectivity index (χ2n) is 6.99. The standard InChI is InChI=1S/C22H20N4S/c1-26(14-15-7-3-2-4-8-15)21-19-17-10-5-11-18(17)27-22(19)25-20(24-21)16-9-6-12-23-13-16/h2-4,6-9,12-13H,5,10-11,14H2,1H3. The monoisotopic (exact) mass is 372 g/mol. The van der Waals surface area contributed by atoms with Crippen LogP contribution < -0.4 is 4.90 Å². The van der Waals surface area contributed by atoms with E-state index in [1.165, 1.54) is 34.2 Å². The third kappa shape index (κ3) is 2.98. The number of anilines is 1. The van der Waals surface area contributed by atoms with Gasteiger partial charge in [0.25, 0.3) is 0 Å². The SMILES string of the molecule is CN(Cc1ccccc1)c1nc(-c2cccnc2)nc2sc3c(c12)CCC3. The Bertz CT molecular complexity index is 1090. The number of rotatable bonds is 4. The van der Waals surface area contributed by atoms with Gasteiger partial charge in [0.2, 0.25) is 0 Å². The largest absolute Gasteiger partial charge is 0.355 e. The zero-order valence-corrected chi connectivity index (χ0v) is 16.0. The van der Waals surface area contributed by atoms with Crippen molar-refractivity contribution in [3.8, 4) is 11.4 Å². The van der Waals surface area contributed by atoms with E-state index < -0.39 is 0 Å². The molecular formula is C22H20N4S. The smallest absolute Gasteiger partial charge is 0.164 e. The highest BCUT2D eigenvalue weighted by Gasteiger charge is 2.24. The van der Waals surface area contributed by atoms with E-state index in [4.69, 9.17) is 9.97 Å². The minimum absolute atomic E-state index is 0.755. The summed E-state index contributed by atoms with van der Waals surface area (Å²) < 4.78 is 0. The first kappa shape index (κ1) is 16.4. The Morgan fingerprint density at radius 3 is 2.74 bits per heavy atom. The van der Waals surface area contributed by atoms with Crippen LogP contribution in [-0.2, 0) is 19.4 Å². The summed E-state index contributed by atoms with van der Waals surface area (Å²) in [5.74, 6) is 1.78. The number of aromatic nitrogens is 3. The molecule has 4 aromatic rings. The van der Waals surface area contributed by atoms with Crippen LogP contribution >= 0.6 is 11.3 Å². The second-order valence-corrected chi connectivity index (χ2v) is 8.08. The van der Waals surface area contributed by atoms with Gasteiger partial charge in [0.15, 0.2) is 5.82 Å². The van der Waals surface area contributed by atoms with Gasteiger partial charge in [-0.1, -0.05) is 30.3 Å². The normalized spacial score (nSPS) is 13.1. The van der Waals surface area contributed by atoms with Crippen LogP contribution in [0, 0.1) is 0 Å². The lowest BCUT2D eigenvalue weighted by atomic mass is 10.1. The van der Waals surface area contributed by atoms with Crippen LogP contribution in [0.2, 0.25) is 0 Å². The lowest BCUT2D eigenvalue weighted by Crippen LogP contribution is -2.18. The predicted octanol–water partition coefficient (Wildman–Crippen LogP) is 4.88. The first-order valence-electron chi connectivity index (χ1n) is 9.27. The highest BCUT2D eigenvalue weighted by atomic mass is 32.1. The van der Waals surface area contributed by atoms with Crippen molar-refractivity contribution in [3.05, 3.63) is 70.9 Å². The Hall–Kier alpha value is -2.79. The summed E-state index contributed by atoms with van der Waals surface area (Å²) in [5, 5.41) is 1.25. The number of benzene rings is 1. The predicted molar refractivity (Wildman–Crippen MR) is 111 cm³/mol.